The van der Waals surface area contributed by atoms with Crippen molar-refractivity contribution in [2.24, 2.45) is 11.7 Å². The molecular formula is C23H40N6O8. The van der Waals surface area contributed by atoms with Crippen molar-refractivity contribution in [1.29, 1.82) is 0 Å². The van der Waals surface area contributed by atoms with E-state index in [4.69, 9.17) is 5.73 Å². The second kappa shape index (κ2) is 15.2. The van der Waals surface area contributed by atoms with E-state index in [-0.39, 0.29) is 18.4 Å². The summed E-state index contributed by atoms with van der Waals surface area (Å²) in [4.78, 5) is 74.7. The molecule has 0 saturated carbocycles. The third-order valence-corrected chi connectivity index (χ3v) is 5.87. The highest BCUT2D eigenvalue weighted by molar-refractivity contribution is 5.96. The zero-order valence-electron chi connectivity index (χ0n) is 21.7. The second-order valence-corrected chi connectivity index (χ2v) is 9.54. The minimum absolute atomic E-state index is 0.204. The van der Waals surface area contributed by atoms with Gasteiger partial charge in [-0.2, -0.15) is 0 Å². The molecule has 1 fully saturated rings. The van der Waals surface area contributed by atoms with Crippen LogP contribution in [0.4, 0.5) is 0 Å². The lowest BCUT2D eigenvalue weighted by molar-refractivity contribution is -0.141. The Morgan fingerprint density at radius 1 is 1.03 bits per heavy atom. The molecule has 0 radical (unpaired) electrons. The van der Waals surface area contributed by atoms with Crippen molar-refractivity contribution in [3.05, 3.63) is 0 Å². The van der Waals surface area contributed by atoms with Crippen LogP contribution < -0.4 is 27.0 Å². The number of nitrogens with one attached hydrogen (secondary N) is 4. The van der Waals surface area contributed by atoms with Crippen molar-refractivity contribution in [3.8, 4) is 0 Å². The first kappa shape index (κ1) is 31.9. The van der Waals surface area contributed by atoms with Gasteiger partial charge < -0.3 is 46.9 Å². The number of likely N-dealkylation sites (tertiary alicyclic amines) is 1. The fourth-order valence-corrected chi connectivity index (χ4v) is 3.90. The lowest BCUT2D eigenvalue weighted by atomic mass is 10.0. The first-order chi connectivity index (χ1) is 17.3. The summed E-state index contributed by atoms with van der Waals surface area (Å²) >= 11 is 0. The van der Waals surface area contributed by atoms with Crippen LogP contribution in [0.1, 0.15) is 47.0 Å². The lowest BCUT2D eigenvalue weighted by Gasteiger charge is -2.29. The monoisotopic (exact) mass is 528 g/mol. The molecule has 14 heteroatoms. The van der Waals surface area contributed by atoms with E-state index in [0.717, 1.165) is 0 Å². The summed E-state index contributed by atoms with van der Waals surface area (Å²) in [5.41, 5.74) is 6.00. The van der Waals surface area contributed by atoms with Crippen LogP contribution in [0.3, 0.4) is 0 Å². The standard InChI is InChI=1S/C23H40N6O8/c1-12(2)10-15(24)23(37)29-8-5-6-17(29)21(35)26-13(3)19(33)28-18(14(4)32)22(36)27-16(11-31)20(34)25-7-9-30/h9,12-18,31-32H,5-8,10-11,24H2,1-4H3,(H,25,34)(H,26,35)(H,27,36)(H,28,33)/t13-,14+,15-,16-,17-,18-/m0/s1. The van der Waals surface area contributed by atoms with Gasteiger partial charge in [-0.3, -0.25) is 24.0 Å². The number of carbonyl (C=O) groups is 6. The number of rotatable bonds is 14. The van der Waals surface area contributed by atoms with E-state index in [1.54, 1.807) is 0 Å². The minimum Gasteiger partial charge on any atom is -0.394 e. The molecule has 5 amide bonds. The second-order valence-electron chi connectivity index (χ2n) is 9.54. The molecule has 1 rings (SSSR count). The molecule has 6 atom stereocenters. The van der Waals surface area contributed by atoms with Crippen LogP contribution in [0.2, 0.25) is 0 Å². The Morgan fingerprint density at radius 2 is 1.68 bits per heavy atom. The molecule has 14 nitrogen and oxygen atoms in total. The summed E-state index contributed by atoms with van der Waals surface area (Å²) in [6.07, 6.45) is 0.517. The number of nitrogens with zero attached hydrogens (tertiary/aromatic N) is 1. The zero-order valence-corrected chi connectivity index (χ0v) is 21.7. The van der Waals surface area contributed by atoms with E-state index in [9.17, 15) is 39.0 Å². The molecule has 0 aromatic rings. The number of amides is 5. The maximum absolute atomic E-state index is 12.9. The first-order valence-electron chi connectivity index (χ1n) is 12.3. The maximum atomic E-state index is 12.9. The molecule has 8 N–H and O–H groups in total. The highest BCUT2D eigenvalue weighted by Crippen LogP contribution is 2.20. The molecule has 210 valence electrons. The van der Waals surface area contributed by atoms with Crippen LogP contribution in [0.25, 0.3) is 0 Å². The predicted octanol–water partition coefficient (Wildman–Crippen LogP) is -3.49. The molecular weight excluding hydrogens is 488 g/mol. The van der Waals surface area contributed by atoms with Crippen LogP contribution in [0.15, 0.2) is 0 Å². The summed E-state index contributed by atoms with van der Waals surface area (Å²) in [6, 6.07) is -5.59. The third-order valence-electron chi connectivity index (χ3n) is 5.87. The topological polar surface area (TPSA) is 220 Å². The van der Waals surface area contributed by atoms with E-state index < -0.39 is 66.5 Å². The van der Waals surface area contributed by atoms with Crippen molar-refractivity contribution in [3.63, 3.8) is 0 Å². The van der Waals surface area contributed by atoms with E-state index >= 15 is 0 Å². The van der Waals surface area contributed by atoms with E-state index in [1.165, 1.54) is 18.7 Å². The van der Waals surface area contributed by atoms with Crippen molar-refractivity contribution < 1.29 is 39.0 Å². The van der Waals surface area contributed by atoms with Crippen LogP contribution in [-0.2, 0) is 28.8 Å². The van der Waals surface area contributed by atoms with Gasteiger partial charge in [-0.05, 0) is 39.0 Å². The lowest BCUT2D eigenvalue weighted by Crippen LogP contribution is -2.60. The molecule has 1 saturated heterocycles. The summed E-state index contributed by atoms with van der Waals surface area (Å²) in [7, 11) is 0. The van der Waals surface area contributed by atoms with Crippen molar-refractivity contribution >= 4 is 35.8 Å². The van der Waals surface area contributed by atoms with Gasteiger partial charge >= 0.3 is 0 Å². The zero-order chi connectivity index (χ0) is 28.3. The Morgan fingerprint density at radius 3 is 2.22 bits per heavy atom. The maximum Gasteiger partial charge on any atom is 0.245 e. The van der Waals surface area contributed by atoms with Crippen molar-refractivity contribution in [2.75, 3.05) is 19.7 Å². The number of carbonyl (C=O) groups excluding carboxylic acids is 6. The van der Waals surface area contributed by atoms with Crippen LogP contribution in [0.5, 0.6) is 0 Å². The summed E-state index contributed by atoms with van der Waals surface area (Å²) in [5.74, 6) is -3.26. The average molecular weight is 529 g/mol. The van der Waals surface area contributed by atoms with Crippen molar-refractivity contribution in [2.45, 2.75) is 83.3 Å². The minimum atomic E-state index is -1.52. The van der Waals surface area contributed by atoms with Gasteiger partial charge in [0.15, 0.2) is 0 Å². The summed E-state index contributed by atoms with van der Waals surface area (Å²) < 4.78 is 0. The molecule has 1 aliphatic heterocycles. The summed E-state index contributed by atoms with van der Waals surface area (Å²) in [6.45, 7) is 5.74. The molecule has 37 heavy (non-hydrogen) atoms. The van der Waals surface area contributed by atoms with Crippen LogP contribution in [0, 0.1) is 5.92 Å². The molecule has 0 aromatic carbocycles. The Balaban J connectivity index is 2.78. The number of aldehydes is 1. The Hall–Kier alpha value is -3.10. The van der Waals surface area contributed by atoms with Gasteiger partial charge in [0.25, 0.3) is 0 Å². The smallest absolute Gasteiger partial charge is 0.245 e. The fourth-order valence-electron chi connectivity index (χ4n) is 3.90. The number of aliphatic hydroxyl groups excluding tert-OH is 2. The van der Waals surface area contributed by atoms with E-state index in [1.807, 2.05) is 13.8 Å². The number of hydrogen-bond acceptors (Lipinski definition) is 9. The molecule has 1 aliphatic rings. The number of nitrogens with two attached hydrogens (primary N) is 1. The largest absolute Gasteiger partial charge is 0.394 e. The molecule has 1 heterocycles. The number of aliphatic hydroxyl groups is 2. The van der Waals surface area contributed by atoms with Crippen LogP contribution >= 0.6 is 0 Å². The highest BCUT2D eigenvalue weighted by atomic mass is 16.3. The average Bonchev–Trinajstić information content (AvgIpc) is 3.32. The SMILES string of the molecule is CC(C)C[C@H](N)C(=O)N1CCC[C@H]1C(=O)N[C@@H](C)C(=O)N[C@H](C(=O)N[C@@H](CO)C(=O)NCC=O)[C@@H](C)O. The molecule has 0 spiro atoms. The van der Waals surface area contributed by atoms with E-state index in [0.29, 0.717) is 32.1 Å². The van der Waals surface area contributed by atoms with Gasteiger partial charge in [0, 0.05) is 6.54 Å². The Kier molecular flexibility index (Phi) is 13.1. The van der Waals surface area contributed by atoms with Gasteiger partial charge in [0.1, 0.15) is 30.5 Å². The highest BCUT2D eigenvalue weighted by Gasteiger charge is 2.37. The van der Waals surface area contributed by atoms with Gasteiger partial charge in [0.2, 0.25) is 29.5 Å². The fraction of sp³-hybridized carbons (Fsp3) is 0.739. The molecule has 0 bridgehead atoms. The molecule has 0 aliphatic carbocycles. The van der Waals surface area contributed by atoms with E-state index in [2.05, 4.69) is 21.3 Å². The summed E-state index contributed by atoms with van der Waals surface area (Å²) in [5, 5.41) is 28.6. The van der Waals surface area contributed by atoms with Gasteiger partial charge in [0.05, 0.1) is 25.3 Å². The number of hydrogen-bond donors (Lipinski definition) is 7. The Bertz CT molecular complexity index is 836. The molecule has 0 unspecified atom stereocenters. The predicted molar refractivity (Wildman–Crippen MR) is 131 cm³/mol. The van der Waals surface area contributed by atoms with Crippen molar-refractivity contribution in [1.82, 2.24) is 26.2 Å². The van der Waals surface area contributed by atoms with Gasteiger partial charge in [-0.15, -0.1) is 0 Å². The van der Waals surface area contributed by atoms with Gasteiger partial charge in [-0.25, -0.2) is 0 Å². The van der Waals surface area contributed by atoms with Gasteiger partial charge in [-0.1, -0.05) is 13.8 Å². The molecule has 0 aromatic heterocycles. The third kappa shape index (κ3) is 9.70. The normalized spacial score (nSPS) is 19.2. The Labute approximate surface area is 216 Å². The quantitative estimate of drug-likeness (QED) is 0.111. The first-order valence-corrected chi connectivity index (χ1v) is 12.3. The van der Waals surface area contributed by atoms with Crippen LogP contribution in [-0.4, -0.2) is 107 Å².